The summed E-state index contributed by atoms with van der Waals surface area (Å²) >= 11 is 0. The second-order valence-corrected chi connectivity index (χ2v) is 6.84. The van der Waals surface area contributed by atoms with Crippen LogP contribution in [0.3, 0.4) is 0 Å². The van der Waals surface area contributed by atoms with Gasteiger partial charge in [0.15, 0.2) is 23.0 Å². The molecule has 6 nitrogen and oxygen atoms in total. The number of ether oxygens (including phenoxy) is 4. The molecule has 1 amide bonds. The fourth-order valence-electron chi connectivity index (χ4n) is 3.12. The highest BCUT2D eigenvalue weighted by Crippen LogP contribution is 2.35. The van der Waals surface area contributed by atoms with Gasteiger partial charge in [0.1, 0.15) is 13.2 Å². The molecule has 0 aliphatic carbocycles. The van der Waals surface area contributed by atoms with Gasteiger partial charge in [-0.15, -0.1) is 0 Å². The quantitative estimate of drug-likeness (QED) is 0.745. The van der Waals surface area contributed by atoms with Crippen molar-refractivity contribution in [3.8, 4) is 23.0 Å². The number of carbonyl (C=O) groups excluding carboxylic acids is 1. The molecule has 0 spiro atoms. The molecule has 3 rings (SSSR count). The summed E-state index contributed by atoms with van der Waals surface area (Å²) in [5, 5.41) is 2.95. The summed E-state index contributed by atoms with van der Waals surface area (Å²) in [4.78, 5) is 12.8. The van der Waals surface area contributed by atoms with Gasteiger partial charge in [-0.25, -0.2) is 0 Å². The van der Waals surface area contributed by atoms with E-state index in [9.17, 15) is 13.6 Å². The van der Waals surface area contributed by atoms with Crippen LogP contribution in [0.25, 0.3) is 0 Å². The van der Waals surface area contributed by atoms with Crippen molar-refractivity contribution >= 4 is 5.91 Å². The molecule has 29 heavy (non-hydrogen) atoms. The normalized spacial score (nSPS) is 13.9. The molecule has 0 aromatic heterocycles. The average molecular weight is 407 g/mol. The van der Waals surface area contributed by atoms with Crippen molar-refractivity contribution in [2.75, 3.05) is 20.3 Å². The SMILES string of the molecule is COc1ccc(C(=O)NC(c2ccc3c(c2)OCCO3)C(C)C)cc1OC(F)F. The Kier molecular flexibility index (Phi) is 6.41. The van der Waals surface area contributed by atoms with Crippen molar-refractivity contribution in [1.82, 2.24) is 5.32 Å². The number of hydrogen-bond acceptors (Lipinski definition) is 5. The lowest BCUT2D eigenvalue weighted by atomic mass is 9.95. The standard InChI is InChI=1S/C21H23F2NO5/c1-12(2)19(13-4-7-16-17(10-13)28-9-8-27-16)24-20(25)14-5-6-15(26-3)18(11-14)29-21(22)23/h4-7,10-12,19,21H,8-9H2,1-3H3,(H,24,25). The van der Waals surface area contributed by atoms with Crippen LogP contribution in [0.4, 0.5) is 8.78 Å². The topological polar surface area (TPSA) is 66.0 Å². The summed E-state index contributed by atoms with van der Waals surface area (Å²) < 4.78 is 45.9. The molecule has 1 N–H and O–H groups in total. The Morgan fingerprint density at radius 2 is 1.76 bits per heavy atom. The monoisotopic (exact) mass is 407 g/mol. The third-order valence-electron chi connectivity index (χ3n) is 4.52. The molecule has 8 heteroatoms. The molecular formula is C21H23F2NO5. The van der Waals surface area contributed by atoms with Crippen LogP contribution < -0.4 is 24.3 Å². The first-order chi connectivity index (χ1) is 13.9. The van der Waals surface area contributed by atoms with Gasteiger partial charge in [-0.05, 0) is 41.8 Å². The van der Waals surface area contributed by atoms with E-state index in [2.05, 4.69) is 10.1 Å². The first kappa shape index (κ1) is 20.7. The Bertz CT molecular complexity index is 872. The Labute approximate surface area is 167 Å². The minimum absolute atomic E-state index is 0.0662. The second-order valence-electron chi connectivity index (χ2n) is 6.84. The number of amides is 1. The molecule has 1 aliphatic heterocycles. The van der Waals surface area contributed by atoms with E-state index in [1.807, 2.05) is 32.0 Å². The van der Waals surface area contributed by atoms with E-state index in [1.165, 1.54) is 25.3 Å². The molecular weight excluding hydrogens is 384 g/mol. The van der Waals surface area contributed by atoms with E-state index >= 15 is 0 Å². The van der Waals surface area contributed by atoms with Crippen LogP contribution in [0, 0.1) is 5.92 Å². The van der Waals surface area contributed by atoms with Crippen molar-refractivity contribution in [2.24, 2.45) is 5.92 Å². The maximum absolute atomic E-state index is 12.8. The molecule has 1 atom stereocenters. The molecule has 0 saturated carbocycles. The number of benzene rings is 2. The number of hydrogen-bond donors (Lipinski definition) is 1. The van der Waals surface area contributed by atoms with Gasteiger partial charge < -0.3 is 24.3 Å². The molecule has 1 unspecified atom stereocenters. The van der Waals surface area contributed by atoms with Crippen LogP contribution in [0.15, 0.2) is 36.4 Å². The van der Waals surface area contributed by atoms with Gasteiger partial charge in [-0.2, -0.15) is 8.78 Å². The molecule has 1 aliphatic rings. The van der Waals surface area contributed by atoms with Crippen LogP contribution in [-0.4, -0.2) is 32.8 Å². The van der Waals surface area contributed by atoms with E-state index in [0.29, 0.717) is 24.7 Å². The molecule has 156 valence electrons. The van der Waals surface area contributed by atoms with Gasteiger partial charge in [-0.1, -0.05) is 19.9 Å². The second kappa shape index (κ2) is 8.98. The number of fused-ring (bicyclic) bond motifs is 1. The molecule has 0 saturated heterocycles. The maximum atomic E-state index is 12.8. The van der Waals surface area contributed by atoms with Crippen LogP contribution in [0.2, 0.25) is 0 Å². The lowest BCUT2D eigenvalue weighted by Crippen LogP contribution is -2.32. The van der Waals surface area contributed by atoms with Gasteiger partial charge in [-0.3, -0.25) is 4.79 Å². The van der Waals surface area contributed by atoms with Crippen molar-refractivity contribution < 1.29 is 32.5 Å². The van der Waals surface area contributed by atoms with Gasteiger partial charge in [0.05, 0.1) is 13.2 Å². The minimum atomic E-state index is -3.02. The molecule has 2 aromatic carbocycles. The van der Waals surface area contributed by atoms with Crippen LogP contribution >= 0.6 is 0 Å². The number of halogens is 2. The van der Waals surface area contributed by atoms with Crippen LogP contribution in [0.5, 0.6) is 23.0 Å². The van der Waals surface area contributed by atoms with Crippen molar-refractivity contribution in [1.29, 1.82) is 0 Å². The van der Waals surface area contributed by atoms with Crippen LogP contribution in [0.1, 0.15) is 35.8 Å². The molecule has 1 heterocycles. The summed E-state index contributed by atoms with van der Waals surface area (Å²) in [5.41, 5.74) is 1.04. The lowest BCUT2D eigenvalue weighted by molar-refractivity contribution is -0.0512. The van der Waals surface area contributed by atoms with Gasteiger partial charge in [0.25, 0.3) is 5.91 Å². The van der Waals surface area contributed by atoms with E-state index in [-0.39, 0.29) is 29.0 Å². The zero-order chi connectivity index (χ0) is 21.0. The highest BCUT2D eigenvalue weighted by molar-refractivity contribution is 5.95. The fraction of sp³-hybridized carbons (Fsp3) is 0.381. The lowest BCUT2D eigenvalue weighted by Gasteiger charge is -2.25. The predicted molar refractivity (Wildman–Crippen MR) is 102 cm³/mol. The van der Waals surface area contributed by atoms with Crippen molar-refractivity contribution in [3.63, 3.8) is 0 Å². The predicted octanol–water partition coefficient (Wildman–Crippen LogP) is 4.19. The number of methoxy groups -OCH3 is 1. The maximum Gasteiger partial charge on any atom is 0.387 e. The van der Waals surface area contributed by atoms with E-state index < -0.39 is 12.5 Å². The summed E-state index contributed by atoms with van der Waals surface area (Å²) in [6, 6.07) is 9.36. The Hall–Kier alpha value is -3.03. The van der Waals surface area contributed by atoms with Crippen molar-refractivity contribution in [2.45, 2.75) is 26.5 Å². The van der Waals surface area contributed by atoms with E-state index in [0.717, 1.165) is 5.56 Å². The first-order valence-electron chi connectivity index (χ1n) is 9.22. The van der Waals surface area contributed by atoms with Crippen molar-refractivity contribution in [3.05, 3.63) is 47.5 Å². The number of carbonyl (C=O) groups is 1. The highest BCUT2D eigenvalue weighted by Gasteiger charge is 2.23. The summed E-state index contributed by atoms with van der Waals surface area (Å²) in [6.07, 6.45) is 0. The Morgan fingerprint density at radius 3 is 2.41 bits per heavy atom. The molecule has 0 fully saturated rings. The zero-order valence-corrected chi connectivity index (χ0v) is 16.4. The molecule has 0 bridgehead atoms. The Morgan fingerprint density at radius 1 is 1.03 bits per heavy atom. The fourth-order valence-corrected chi connectivity index (χ4v) is 3.12. The smallest absolute Gasteiger partial charge is 0.387 e. The largest absolute Gasteiger partial charge is 0.493 e. The highest BCUT2D eigenvalue weighted by atomic mass is 19.3. The van der Waals surface area contributed by atoms with E-state index in [4.69, 9.17) is 14.2 Å². The number of rotatable bonds is 7. The number of alkyl halides is 2. The summed E-state index contributed by atoms with van der Waals surface area (Å²) in [6.45, 7) is 1.89. The summed E-state index contributed by atoms with van der Waals surface area (Å²) in [5.74, 6) is 0.866. The zero-order valence-electron chi connectivity index (χ0n) is 16.4. The minimum Gasteiger partial charge on any atom is -0.493 e. The molecule has 2 aromatic rings. The molecule has 0 radical (unpaired) electrons. The average Bonchev–Trinajstić information content (AvgIpc) is 2.70. The number of nitrogens with one attached hydrogen (secondary N) is 1. The third-order valence-corrected chi connectivity index (χ3v) is 4.52. The van der Waals surface area contributed by atoms with Crippen LogP contribution in [-0.2, 0) is 0 Å². The van der Waals surface area contributed by atoms with E-state index in [1.54, 1.807) is 0 Å². The third kappa shape index (κ3) is 4.88. The Balaban J connectivity index is 1.83. The summed E-state index contributed by atoms with van der Waals surface area (Å²) in [7, 11) is 1.34. The van der Waals surface area contributed by atoms with Gasteiger partial charge in [0.2, 0.25) is 0 Å². The van der Waals surface area contributed by atoms with Gasteiger partial charge >= 0.3 is 6.61 Å². The first-order valence-corrected chi connectivity index (χ1v) is 9.22. The van der Waals surface area contributed by atoms with Gasteiger partial charge in [0, 0.05) is 5.56 Å².